The van der Waals surface area contributed by atoms with Crippen molar-refractivity contribution in [2.75, 3.05) is 19.7 Å². The lowest BCUT2D eigenvalue weighted by Crippen LogP contribution is -2.42. The summed E-state index contributed by atoms with van der Waals surface area (Å²) >= 11 is 0. The van der Waals surface area contributed by atoms with Crippen molar-refractivity contribution in [3.05, 3.63) is 18.3 Å². The van der Waals surface area contributed by atoms with Crippen LogP contribution in [0.15, 0.2) is 23.2 Å². The summed E-state index contributed by atoms with van der Waals surface area (Å²) in [4.78, 5) is 3.52. The molecule has 0 radical (unpaired) electrons. The minimum absolute atomic E-state index is 0.0114. The van der Waals surface area contributed by atoms with Crippen LogP contribution in [0, 0.1) is 0 Å². The van der Waals surface area contributed by atoms with Crippen LogP contribution in [0.5, 0.6) is 5.88 Å². The molecule has 0 aliphatic carbocycles. The molecule has 0 bridgehead atoms. The average Bonchev–Trinajstić information content (AvgIpc) is 2.45. The largest absolute Gasteiger partial charge is 0.468 e. The Kier molecular flexibility index (Phi) is 4.93. The van der Waals surface area contributed by atoms with Crippen molar-refractivity contribution in [3.63, 3.8) is 0 Å². The fourth-order valence-electron chi connectivity index (χ4n) is 2.03. The van der Waals surface area contributed by atoms with Gasteiger partial charge in [-0.1, -0.05) is 0 Å². The van der Waals surface area contributed by atoms with E-state index in [4.69, 9.17) is 5.73 Å². The van der Waals surface area contributed by atoms with Gasteiger partial charge in [0.05, 0.1) is 6.20 Å². The predicted molar refractivity (Wildman–Crippen MR) is 71.8 cm³/mol. The molecule has 0 aromatic carbocycles. The van der Waals surface area contributed by atoms with Crippen molar-refractivity contribution in [3.8, 4) is 5.88 Å². The normalized spacial score (nSPS) is 18.4. The number of ether oxygens (including phenoxy) is 1. The van der Waals surface area contributed by atoms with Gasteiger partial charge in [0.2, 0.25) is 15.9 Å². The molecule has 0 spiro atoms. The number of hydrogen-bond acceptors (Lipinski definition) is 5. The van der Waals surface area contributed by atoms with E-state index in [0.29, 0.717) is 25.9 Å². The quantitative estimate of drug-likeness (QED) is 0.889. The molecule has 0 amide bonds. The highest BCUT2D eigenvalue weighted by atomic mass is 32.2. The van der Waals surface area contributed by atoms with Gasteiger partial charge in [0.25, 0.3) is 0 Å². The van der Waals surface area contributed by atoms with Crippen LogP contribution in [0.1, 0.15) is 12.8 Å². The summed E-state index contributed by atoms with van der Waals surface area (Å²) in [5, 5.41) is 0. The van der Waals surface area contributed by atoms with E-state index >= 15 is 0 Å². The SMILES string of the molecule is NC1CCN(S(=O)(=O)c2ccc(OCC(F)(F)F)nc2)CC1. The number of rotatable bonds is 4. The third-order valence-corrected chi connectivity index (χ3v) is 5.11. The molecule has 0 atom stereocenters. The van der Waals surface area contributed by atoms with Gasteiger partial charge in [0, 0.05) is 25.2 Å². The summed E-state index contributed by atoms with van der Waals surface area (Å²) < 4.78 is 66.5. The van der Waals surface area contributed by atoms with Crippen molar-refractivity contribution in [1.82, 2.24) is 9.29 Å². The number of alkyl halides is 3. The molecule has 6 nitrogen and oxygen atoms in total. The molecule has 1 aromatic heterocycles. The van der Waals surface area contributed by atoms with E-state index in [-0.39, 0.29) is 16.8 Å². The lowest BCUT2D eigenvalue weighted by molar-refractivity contribution is -0.154. The van der Waals surface area contributed by atoms with Crippen molar-refractivity contribution in [1.29, 1.82) is 0 Å². The van der Waals surface area contributed by atoms with Crippen LogP contribution < -0.4 is 10.5 Å². The molecular formula is C12H16F3N3O3S. The van der Waals surface area contributed by atoms with Crippen LogP contribution in [0.4, 0.5) is 13.2 Å². The summed E-state index contributed by atoms with van der Waals surface area (Å²) in [7, 11) is -3.71. The Morgan fingerprint density at radius 2 is 1.95 bits per heavy atom. The standard InChI is InChI=1S/C12H16F3N3O3S/c13-12(14,15)8-21-11-2-1-10(7-17-11)22(19,20)18-5-3-9(16)4-6-18/h1-2,7,9H,3-6,8,16H2. The highest BCUT2D eigenvalue weighted by Gasteiger charge is 2.30. The van der Waals surface area contributed by atoms with Gasteiger partial charge in [0.1, 0.15) is 4.90 Å². The second-order valence-electron chi connectivity index (χ2n) is 4.98. The van der Waals surface area contributed by atoms with Crippen molar-refractivity contribution < 1.29 is 26.3 Å². The summed E-state index contributed by atoms with van der Waals surface area (Å²) in [6, 6.07) is 2.28. The number of pyridine rings is 1. The van der Waals surface area contributed by atoms with Crippen molar-refractivity contribution in [2.45, 2.75) is 30.0 Å². The topological polar surface area (TPSA) is 85.5 Å². The van der Waals surface area contributed by atoms with Crippen LogP contribution in [0.25, 0.3) is 0 Å². The number of nitrogens with two attached hydrogens (primary N) is 1. The monoisotopic (exact) mass is 339 g/mol. The molecule has 1 aliphatic rings. The zero-order valence-corrected chi connectivity index (χ0v) is 12.4. The maximum Gasteiger partial charge on any atom is 0.422 e. The van der Waals surface area contributed by atoms with Crippen LogP contribution in [0.2, 0.25) is 0 Å². The lowest BCUT2D eigenvalue weighted by Gasteiger charge is -2.29. The Bertz CT molecular complexity index is 596. The molecule has 1 aliphatic heterocycles. The zero-order chi connectivity index (χ0) is 16.4. The molecule has 0 unspecified atom stereocenters. The molecule has 124 valence electrons. The first-order chi connectivity index (χ1) is 10.2. The van der Waals surface area contributed by atoms with Crippen LogP contribution in [-0.2, 0) is 10.0 Å². The summed E-state index contributed by atoms with van der Waals surface area (Å²) in [5.74, 6) is -0.281. The van der Waals surface area contributed by atoms with Crippen LogP contribution in [0.3, 0.4) is 0 Å². The fraction of sp³-hybridized carbons (Fsp3) is 0.583. The highest BCUT2D eigenvalue weighted by Crippen LogP contribution is 2.22. The van der Waals surface area contributed by atoms with Gasteiger partial charge in [0.15, 0.2) is 6.61 Å². The van der Waals surface area contributed by atoms with Crippen LogP contribution in [-0.4, -0.2) is 49.6 Å². The van der Waals surface area contributed by atoms with Gasteiger partial charge in [-0.3, -0.25) is 0 Å². The van der Waals surface area contributed by atoms with E-state index in [0.717, 1.165) is 12.3 Å². The molecule has 2 N–H and O–H groups in total. The molecule has 1 saturated heterocycles. The fourth-order valence-corrected chi connectivity index (χ4v) is 3.44. The second-order valence-corrected chi connectivity index (χ2v) is 6.92. The Morgan fingerprint density at radius 3 is 2.45 bits per heavy atom. The first-order valence-corrected chi connectivity index (χ1v) is 8.04. The number of sulfonamides is 1. The third-order valence-electron chi connectivity index (χ3n) is 3.23. The van der Waals surface area contributed by atoms with Crippen molar-refractivity contribution >= 4 is 10.0 Å². The van der Waals surface area contributed by atoms with Gasteiger partial charge in [-0.05, 0) is 18.9 Å². The van der Waals surface area contributed by atoms with Crippen molar-refractivity contribution in [2.24, 2.45) is 5.73 Å². The maximum atomic E-state index is 12.3. The predicted octanol–water partition coefficient (Wildman–Crippen LogP) is 1.13. The second kappa shape index (κ2) is 6.39. The van der Waals surface area contributed by atoms with Gasteiger partial charge in [-0.25, -0.2) is 13.4 Å². The summed E-state index contributed by atoms with van der Waals surface area (Å²) in [6.07, 6.45) is -2.34. The molecule has 1 fully saturated rings. The van der Waals surface area contributed by atoms with Gasteiger partial charge in [-0.2, -0.15) is 17.5 Å². The van der Waals surface area contributed by atoms with Crippen LogP contribution >= 0.6 is 0 Å². The Balaban J connectivity index is 2.06. The van der Waals surface area contributed by atoms with E-state index in [1.54, 1.807) is 0 Å². The lowest BCUT2D eigenvalue weighted by atomic mass is 10.1. The molecule has 10 heteroatoms. The number of piperidine rings is 1. The Labute approximate surface area is 126 Å². The number of nitrogens with zero attached hydrogens (tertiary/aromatic N) is 2. The van der Waals surface area contributed by atoms with E-state index in [2.05, 4.69) is 9.72 Å². The van der Waals surface area contributed by atoms with E-state index in [1.807, 2.05) is 0 Å². The molecule has 1 aromatic rings. The number of halogens is 3. The number of aromatic nitrogens is 1. The first kappa shape index (κ1) is 17.0. The maximum absolute atomic E-state index is 12.3. The minimum Gasteiger partial charge on any atom is -0.468 e. The third kappa shape index (κ3) is 4.31. The van der Waals surface area contributed by atoms with E-state index < -0.39 is 22.8 Å². The Morgan fingerprint density at radius 1 is 1.32 bits per heavy atom. The van der Waals surface area contributed by atoms with Gasteiger partial charge < -0.3 is 10.5 Å². The molecule has 2 heterocycles. The molecule has 22 heavy (non-hydrogen) atoms. The Hall–Kier alpha value is -1.39. The van der Waals surface area contributed by atoms with E-state index in [9.17, 15) is 21.6 Å². The van der Waals surface area contributed by atoms with Gasteiger partial charge in [-0.15, -0.1) is 0 Å². The molecule has 0 saturated carbocycles. The summed E-state index contributed by atoms with van der Waals surface area (Å²) in [5.41, 5.74) is 5.72. The average molecular weight is 339 g/mol. The first-order valence-electron chi connectivity index (χ1n) is 6.60. The zero-order valence-electron chi connectivity index (χ0n) is 11.6. The summed E-state index contributed by atoms with van der Waals surface area (Å²) in [6.45, 7) is -0.845. The molecular weight excluding hydrogens is 323 g/mol. The highest BCUT2D eigenvalue weighted by molar-refractivity contribution is 7.89. The number of hydrogen-bond donors (Lipinski definition) is 1. The minimum atomic E-state index is -4.47. The van der Waals surface area contributed by atoms with E-state index in [1.165, 1.54) is 10.4 Å². The van der Waals surface area contributed by atoms with Gasteiger partial charge >= 0.3 is 6.18 Å². The smallest absolute Gasteiger partial charge is 0.422 e. The molecule has 2 rings (SSSR count).